The van der Waals surface area contributed by atoms with Crippen molar-refractivity contribution in [1.82, 2.24) is 4.90 Å². The summed E-state index contributed by atoms with van der Waals surface area (Å²) in [6, 6.07) is 0. The van der Waals surface area contributed by atoms with Crippen LogP contribution >= 0.6 is 0 Å². The fourth-order valence-corrected chi connectivity index (χ4v) is 2.23. The maximum absolute atomic E-state index is 11.5. The van der Waals surface area contributed by atoms with Crippen LogP contribution in [0.2, 0.25) is 0 Å². The number of likely N-dealkylation sites (tertiary alicyclic amines) is 1. The van der Waals surface area contributed by atoms with Crippen molar-refractivity contribution in [3.05, 3.63) is 0 Å². The normalized spacial score (nSPS) is 22.1. The highest BCUT2D eigenvalue weighted by Gasteiger charge is 2.33. The van der Waals surface area contributed by atoms with Crippen molar-refractivity contribution in [1.29, 1.82) is 0 Å². The van der Waals surface area contributed by atoms with Gasteiger partial charge in [-0.3, -0.25) is 4.79 Å². The third-order valence-electron chi connectivity index (χ3n) is 3.14. The summed E-state index contributed by atoms with van der Waals surface area (Å²) >= 11 is 0. The van der Waals surface area contributed by atoms with E-state index in [2.05, 4.69) is 4.90 Å². The van der Waals surface area contributed by atoms with E-state index in [0.29, 0.717) is 12.6 Å². The minimum absolute atomic E-state index is 0.357. The third-order valence-corrected chi connectivity index (χ3v) is 3.14. The molecule has 0 bridgehead atoms. The summed E-state index contributed by atoms with van der Waals surface area (Å²) in [5, 5.41) is 0. The van der Waals surface area contributed by atoms with E-state index in [0.717, 1.165) is 32.5 Å². The molecule has 0 spiro atoms. The molecule has 1 saturated heterocycles. The number of carbonyl (C=O) groups excluding carboxylic acids is 1. The fraction of sp³-hybridized carbons (Fsp3) is 0.917. The minimum Gasteiger partial charge on any atom is -0.468 e. The molecule has 0 saturated carbocycles. The van der Waals surface area contributed by atoms with Crippen LogP contribution in [-0.4, -0.2) is 55.9 Å². The summed E-state index contributed by atoms with van der Waals surface area (Å²) < 4.78 is 10.3. The molecule has 0 radical (unpaired) electrons. The molecular weight excluding hydrogens is 220 g/mol. The van der Waals surface area contributed by atoms with Crippen molar-refractivity contribution in [2.45, 2.75) is 38.3 Å². The van der Waals surface area contributed by atoms with Crippen LogP contribution in [0.5, 0.6) is 0 Å². The van der Waals surface area contributed by atoms with Crippen LogP contribution in [0.25, 0.3) is 0 Å². The number of esters is 1. The van der Waals surface area contributed by atoms with Gasteiger partial charge in [0.2, 0.25) is 0 Å². The standard InChI is InChI=1S/C12H24N2O3/c1-4-17-10-5-7-14(8-6-10)9-12(2,13)11(15)16-3/h10H,4-9,13H2,1-3H3. The molecule has 1 heterocycles. The van der Waals surface area contributed by atoms with Gasteiger partial charge in [-0.25, -0.2) is 0 Å². The molecule has 5 heteroatoms. The molecule has 5 nitrogen and oxygen atoms in total. The van der Waals surface area contributed by atoms with E-state index in [9.17, 15) is 4.79 Å². The van der Waals surface area contributed by atoms with Gasteiger partial charge in [0, 0.05) is 26.2 Å². The monoisotopic (exact) mass is 244 g/mol. The first-order valence-corrected chi connectivity index (χ1v) is 6.21. The second-order valence-corrected chi connectivity index (χ2v) is 4.84. The van der Waals surface area contributed by atoms with E-state index in [-0.39, 0.29) is 5.97 Å². The first-order valence-electron chi connectivity index (χ1n) is 6.21. The second-order valence-electron chi connectivity index (χ2n) is 4.84. The molecule has 100 valence electrons. The van der Waals surface area contributed by atoms with Crippen molar-refractivity contribution in [3.8, 4) is 0 Å². The number of nitrogens with two attached hydrogens (primary N) is 1. The predicted molar refractivity (Wildman–Crippen MR) is 65.7 cm³/mol. The fourth-order valence-electron chi connectivity index (χ4n) is 2.23. The molecule has 1 atom stereocenters. The highest BCUT2D eigenvalue weighted by molar-refractivity contribution is 5.80. The largest absolute Gasteiger partial charge is 0.468 e. The van der Waals surface area contributed by atoms with Crippen LogP contribution in [-0.2, 0) is 14.3 Å². The van der Waals surface area contributed by atoms with E-state index < -0.39 is 5.54 Å². The molecule has 0 aromatic heterocycles. The number of hydrogen-bond donors (Lipinski definition) is 1. The molecule has 0 aromatic carbocycles. The summed E-state index contributed by atoms with van der Waals surface area (Å²) in [5.41, 5.74) is 5.02. The summed E-state index contributed by atoms with van der Waals surface area (Å²) in [5.74, 6) is -0.357. The Morgan fingerprint density at radius 1 is 1.47 bits per heavy atom. The lowest BCUT2D eigenvalue weighted by Crippen LogP contribution is -2.55. The molecular formula is C12H24N2O3. The van der Waals surface area contributed by atoms with Gasteiger partial charge in [0.05, 0.1) is 13.2 Å². The second kappa shape index (κ2) is 6.33. The molecule has 1 unspecified atom stereocenters. The zero-order chi connectivity index (χ0) is 12.9. The summed E-state index contributed by atoms with van der Waals surface area (Å²) in [6.45, 7) is 6.89. The van der Waals surface area contributed by atoms with Gasteiger partial charge in [-0.2, -0.15) is 0 Å². The number of hydrogen-bond acceptors (Lipinski definition) is 5. The van der Waals surface area contributed by atoms with Crippen molar-refractivity contribution in [2.24, 2.45) is 5.73 Å². The van der Waals surface area contributed by atoms with Crippen molar-refractivity contribution >= 4 is 5.97 Å². The smallest absolute Gasteiger partial charge is 0.326 e. The molecule has 1 fully saturated rings. The van der Waals surface area contributed by atoms with E-state index in [1.165, 1.54) is 7.11 Å². The molecule has 0 aliphatic carbocycles. The maximum Gasteiger partial charge on any atom is 0.326 e. The Hall–Kier alpha value is -0.650. The molecule has 2 N–H and O–H groups in total. The Morgan fingerprint density at radius 3 is 2.53 bits per heavy atom. The van der Waals surface area contributed by atoms with E-state index in [1.807, 2.05) is 6.92 Å². The lowest BCUT2D eigenvalue weighted by molar-refractivity contribution is -0.147. The SMILES string of the molecule is CCOC1CCN(CC(C)(N)C(=O)OC)CC1. The number of ether oxygens (including phenoxy) is 2. The van der Waals surface area contributed by atoms with Gasteiger partial charge in [0.25, 0.3) is 0 Å². The molecule has 0 aromatic rings. The van der Waals surface area contributed by atoms with Gasteiger partial charge < -0.3 is 20.1 Å². The Labute approximate surface area is 103 Å². The lowest BCUT2D eigenvalue weighted by Gasteiger charge is -2.35. The average molecular weight is 244 g/mol. The van der Waals surface area contributed by atoms with Gasteiger partial charge in [0.15, 0.2) is 0 Å². The number of piperidine rings is 1. The molecule has 0 amide bonds. The number of carbonyl (C=O) groups is 1. The third kappa shape index (κ3) is 4.26. The number of methoxy groups -OCH3 is 1. The first kappa shape index (κ1) is 14.4. The zero-order valence-electron chi connectivity index (χ0n) is 11.1. The highest BCUT2D eigenvalue weighted by Crippen LogP contribution is 2.16. The Morgan fingerprint density at radius 2 is 2.06 bits per heavy atom. The van der Waals surface area contributed by atoms with Gasteiger partial charge in [-0.1, -0.05) is 0 Å². The summed E-state index contributed by atoms with van der Waals surface area (Å²) in [4.78, 5) is 13.7. The van der Waals surface area contributed by atoms with Crippen molar-refractivity contribution in [3.63, 3.8) is 0 Å². The maximum atomic E-state index is 11.5. The highest BCUT2D eigenvalue weighted by atomic mass is 16.5. The van der Waals surface area contributed by atoms with Gasteiger partial charge >= 0.3 is 5.97 Å². The van der Waals surface area contributed by atoms with E-state index in [1.54, 1.807) is 6.92 Å². The van der Waals surface area contributed by atoms with Crippen LogP contribution in [0.15, 0.2) is 0 Å². The van der Waals surface area contributed by atoms with Crippen molar-refractivity contribution < 1.29 is 14.3 Å². The molecule has 1 aliphatic rings. The first-order chi connectivity index (χ1) is 7.99. The average Bonchev–Trinajstić information content (AvgIpc) is 2.30. The summed E-state index contributed by atoms with van der Waals surface area (Å²) in [6.07, 6.45) is 2.37. The quantitative estimate of drug-likeness (QED) is 0.708. The van der Waals surface area contributed by atoms with E-state index in [4.69, 9.17) is 15.2 Å². The van der Waals surface area contributed by atoms with Crippen LogP contribution in [0.4, 0.5) is 0 Å². The topological polar surface area (TPSA) is 64.8 Å². The van der Waals surface area contributed by atoms with Crippen LogP contribution in [0.3, 0.4) is 0 Å². The summed E-state index contributed by atoms with van der Waals surface area (Å²) in [7, 11) is 1.37. The van der Waals surface area contributed by atoms with Gasteiger partial charge in [0.1, 0.15) is 5.54 Å². The van der Waals surface area contributed by atoms with Crippen molar-refractivity contribution in [2.75, 3.05) is 33.4 Å². The predicted octanol–water partition coefficient (Wildman–Crippen LogP) is 0.378. The van der Waals surface area contributed by atoms with E-state index >= 15 is 0 Å². The minimum atomic E-state index is -0.923. The van der Waals surface area contributed by atoms with Gasteiger partial charge in [-0.05, 0) is 26.7 Å². The Balaban J connectivity index is 2.37. The Kier molecular flexibility index (Phi) is 5.36. The molecule has 17 heavy (non-hydrogen) atoms. The van der Waals surface area contributed by atoms with Gasteiger partial charge in [-0.15, -0.1) is 0 Å². The Bertz CT molecular complexity index is 248. The molecule has 1 rings (SSSR count). The number of rotatable bonds is 5. The van der Waals surface area contributed by atoms with Crippen LogP contribution in [0, 0.1) is 0 Å². The van der Waals surface area contributed by atoms with Crippen LogP contribution < -0.4 is 5.73 Å². The van der Waals surface area contributed by atoms with Crippen LogP contribution in [0.1, 0.15) is 26.7 Å². The lowest BCUT2D eigenvalue weighted by atomic mass is 10.0. The molecule has 1 aliphatic heterocycles. The number of nitrogens with zero attached hydrogens (tertiary/aromatic N) is 1. The zero-order valence-corrected chi connectivity index (χ0v) is 11.1.